The van der Waals surface area contributed by atoms with E-state index in [-0.39, 0.29) is 5.91 Å². The number of rotatable bonds is 6. The smallest absolute Gasteiger partial charge is 0.255 e. The first-order valence-electron chi connectivity index (χ1n) is 8.65. The van der Waals surface area contributed by atoms with E-state index in [9.17, 15) is 9.90 Å². The van der Waals surface area contributed by atoms with Crippen LogP contribution >= 0.6 is 11.6 Å². The van der Waals surface area contributed by atoms with Crippen LogP contribution in [0.25, 0.3) is 0 Å². The van der Waals surface area contributed by atoms with Gasteiger partial charge >= 0.3 is 0 Å². The van der Waals surface area contributed by atoms with E-state index in [1.165, 1.54) is 0 Å². The molecule has 27 heavy (non-hydrogen) atoms. The monoisotopic (exact) mass is 381 g/mol. The molecule has 0 unspecified atom stereocenters. The Balaban J connectivity index is 1.89. The first kappa shape index (κ1) is 19.0. The Hall–Kier alpha value is -2.82. The molecule has 0 aromatic heterocycles. The van der Waals surface area contributed by atoms with Crippen molar-refractivity contribution in [1.29, 1.82) is 0 Å². The summed E-state index contributed by atoms with van der Waals surface area (Å²) >= 11 is 6.12. The van der Waals surface area contributed by atoms with Gasteiger partial charge in [-0.3, -0.25) is 4.79 Å². The van der Waals surface area contributed by atoms with Gasteiger partial charge in [0.15, 0.2) is 0 Å². The third kappa shape index (κ3) is 4.67. The fraction of sp³-hybridized carbons (Fsp3) is 0.136. The van der Waals surface area contributed by atoms with Crippen molar-refractivity contribution in [1.82, 2.24) is 0 Å². The van der Waals surface area contributed by atoms with Crippen molar-refractivity contribution in [3.63, 3.8) is 0 Å². The zero-order valence-electron chi connectivity index (χ0n) is 14.9. The molecule has 1 atom stereocenters. The van der Waals surface area contributed by atoms with Gasteiger partial charge in [-0.2, -0.15) is 0 Å². The molecular weight excluding hydrogens is 362 g/mol. The maximum Gasteiger partial charge on any atom is 0.255 e. The highest BCUT2D eigenvalue weighted by Crippen LogP contribution is 2.31. The molecule has 1 amide bonds. The number of carbonyl (C=O) groups is 1. The Morgan fingerprint density at radius 2 is 1.85 bits per heavy atom. The molecule has 5 heteroatoms. The summed E-state index contributed by atoms with van der Waals surface area (Å²) in [6.45, 7) is 2.41. The number of aliphatic hydroxyl groups excluding tert-OH is 1. The Morgan fingerprint density at radius 1 is 1.07 bits per heavy atom. The van der Waals surface area contributed by atoms with Crippen molar-refractivity contribution >= 4 is 23.2 Å². The minimum atomic E-state index is -0.907. The molecule has 0 aliphatic heterocycles. The number of amides is 1. The number of hydrogen-bond acceptors (Lipinski definition) is 3. The van der Waals surface area contributed by atoms with Gasteiger partial charge in [-0.25, -0.2) is 0 Å². The van der Waals surface area contributed by atoms with E-state index in [2.05, 4.69) is 5.32 Å². The molecule has 0 saturated heterocycles. The van der Waals surface area contributed by atoms with Gasteiger partial charge in [-0.05, 0) is 48.9 Å². The van der Waals surface area contributed by atoms with Crippen LogP contribution in [0.4, 0.5) is 5.69 Å². The van der Waals surface area contributed by atoms with Crippen LogP contribution in [-0.2, 0) is 0 Å². The molecule has 0 aliphatic carbocycles. The number of hydrogen-bond donors (Lipinski definition) is 2. The molecule has 2 N–H and O–H groups in total. The molecule has 0 heterocycles. The molecule has 0 aliphatic rings. The van der Waals surface area contributed by atoms with Crippen molar-refractivity contribution in [3.05, 3.63) is 94.5 Å². The predicted molar refractivity (Wildman–Crippen MR) is 108 cm³/mol. The van der Waals surface area contributed by atoms with Crippen molar-refractivity contribution in [2.24, 2.45) is 0 Å². The third-order valence-electron chi connectivity index (χ3n) is 4.08. The first-order chi connectivity index (χ1) is 13.1. The van der Waals surface area contributed by atoms with Crippen molar-refractivity contribution in [3.8, 4) is 5.75 Å². The molecule has 0 fully saturated rings. The predicted octanol–water partition coefficient (Wildman–Crippen LogP) is 5.07. The maximum absolute atomic E-state index is 12.7. The zero-order chi connectivity index (χ0) is 19.2. The third-order valence-corrected chi connectivity index (χ3v) is 4.31. The lowest BCUT2D eigenvalue weighted by Crippen LogP contribution is -2.15. The number of halogens is 1. The fourth-order valence-electron chi connectivity index (χ4n) is 2.78. The molecular formula is C22H20ClNO3. The molecule has 3 rings (SSSR count). The normalized spacial score (nSPS) is 11.7. The summed E-state index contributed by atoms with van der Waals surface area (Å²) in [4.78, 5) is 12.7. The van der Waals surface area contributed by atoms with Crippen molar-refractivity contribution < 1.29 is 14.6 Å². The number of benzene rings is 3. The largest absolute Gasteiger partial charge is 0.494 e. The van der Waals surface area contributed by atoms with E-state index in [1.807, 2.05) is 37.3 Å². The van der Waals surface area contributed by atoms with Crippen LogP contribution < -0.4 is 10.1 Å². The molecule has 0 radical (unpaired) electrons. The number of anilines is 1. The maximum atomic E-state index is 12.7. The summed E-state index contributed by atoms with van der Waals surface area (Å²) in [7, 11) is 0. The summed E-state index contributed by atoms with van der Waals surface area (Å²) < 4.78 is 5.44. The van der Waals surface area contributed by atoms with E-state index in [1.54, 1.807) is 42.5 Å². The van der Waals surface area contributed by atoms with Gasteiger partial charge in [-0.15, -0.1) is 0 Å². The summed E-state index contributed by atoms with van der Waals surface area (Å²) in [6.07, 6.45) is -0.907. The Morgan fingerprint density at radius 3 is 2.59 bits per heavy atom. The second-order valence-electron chi connectivity index (χ2n) is 5.96. The average molecular weight is 382 g/mol. The first-order valence-corrected chi connectivity index (χ1v) is 9.03. The van der Waals surface area contributed by atoms with Crippen LogP contribution in [0.5, 0.6) is 5.75 Å². The van der Waals surface area contributed by atoms with E-state index in [0.29, 0.717) is 39.8 Å². The second kappa shape index (κ2) is 8.71. The van der Waals surface area contributed by atoms with Crippen LogP contribution in [0.15, 0.2) is 72.8 Å². The van der Waals surface area contributed by atoms with Gasteiger partial charge < -0.3 is 15.2 Å². The minimum absolute atomic E-state index is 0.291. The van der Waals surface area contributed by atoms with Crippen molar-refractivity contribution in [2.45, 2.75) is 13.0 Å². The van der Waals surface area contributed by atoms with Gasteiger partial charge in [0, 0.05) is 21.8 Å². The summed E-state index contributed by atoms with van der Waals surface area (Å²) in [6, 6.07) is 21.2. The summed E-state index contributed by atoms with van der Waals surface area (Å²) in [5.74, 6) is 0.339. The highest BCUT2D eigenvalue weighted by molar-refractivity contribution is 6.30. The summed E-state index contributed by atoms with van der Waals surface area (Å²) in [5, 5.41) is 14.1. The number of carbonyl (C=O) groups excluding carboxylic acids is 1. The van der Waals surface area contributed by atoms with Crippen LogP contribution in [0.1, 0.15) is 34.5 Å². The van der Waals surface area contributed by atoms with Gasteiger partial charge in [0.1, 0.15) is 11.9 Å². The average Bonchev–Trinajstić information content (AvgIpc) is 2.70. The summed E-state index contributed by atoms with van der Waals surface area (Å²) in [5.41, 5.74) is 2.22. The topological polar surface area (TPSA) is 58.6 Å². The molecule has 3 aromatic carbocycles. The van der Waals surface area contributed by atoms with Crippen LogP contribution in [0, 0.1) is 0 Å². The SMILES string of the molecule is CCOc1cccc(C(=O)Nc2ccc(Cl)cc2[C@H](O)c2ccccc2)c1. The van der Waals surface area contributed by atoms with Gasteiger partial charge in [0.25, 0.3) is 5.91 Å². The van der Waals surface area contributed by atoms with E-state index < -0.39 is 6.10 Å². The van der Waals surface area contributed by atoms with Gasteiger partial charge in [0.2, 0.25) is 0 Å². The standard InChI is InChI=1S/C22H20ClNO3/c1-2-27-18-10-6-9-16(13-18)22(26)24-20-12-11-17(23)14-19(20)21(25)15-7-4-3-5-8-15/h3-14,21,25H,2H2,1H3,(H,24,26)/t21-/m1/s1. The lowest BCUT2D eigenvalue weighted by atomic mass is 9.99. The van der Waals surface area contributed by atoms with E-state index in [0.717, 1.165) is 0 Å². The fourth-order valence-corrected chi connectivity index (χ4v) is 2.96. The molecule has 0 spiro atoms. The van der Waals surface area contributed by atoms with Gasteiger partial charge in [-0.1, -0.05) is 48.0 Å². The lowest BCUT2D eigenvalue weighted by molar-refractivity contribution is 0.102. The number of aliphatic hydroxyl groups is 1. The quantitative estimate of drug-likeness (QED) is 0.626. The Labute approximate surface area is 163 Å². The lowest BCUT2D eigenvalue weighted by Gasteiger charge is -2.17. The van der Waals surface area contributed by atoms with Crippen LogP contribution in [0.3, 0.4) is 0 Å². The number of ether oxygens (including phenoxy) is 1. The second-order valence-corrected chi connectivity index (χ2v) is 6.40. The van der Waals surface area contributed by atoms with Crippen LogP contribution in [-0.4, -0.2) is 17.6 Å². The van der Waals surface area contributed by atoms with Gasteiger partial charge in [0.05, 0.1) is 6.61 Å². The minimum Gasteiger partial charge on any atom is -0.494 e. The van der Waals surface area contributed by atoms with E-state index >= 15 is 0 Å². The zero-order valence-corrected chi connectivity index (χ0v) is 15.6. The van der Waals surface area contributed by atoms with Crippen LogP contribution in [0.2, 0.25) is 5.02 Å². The molecule has 3 aromatic rings. The molecule has 138 valence electrons. The van der Waals surface area contributed by atoms with Crippen molar-refractivity contribution in [2.75, 3.05) is 11.9 Å². The Kier molecular flexibility index (Phi) is 6.12. The van der Waals surface area contributed by atoms with E-state index in [4.69, 9.17) is 16.3 Å². The molecule has 0 bridgehead atoms. The highest BCUT2D eigenvalue weighted by atomic mass is 35.5. The molecule has 4 nitrogen and oxygen atoms in total. The molecule has 0 saturated carbocycles. The highest BCUT2D eigenvalue weighted by Gasteiger charge is 2.17. The number of nitrogens with one attached hydrogen (secondary N) is 1. The Bertz CT molecular complexity index is 928.